The molecule has 0 unspecified atom stereocenters. The third-order valence-corrected chi connectivity index (χ3v) is 3.22. The van der Waals surface area contributed by atoms with E-state index in [4.69, 9.17) is 4.74 Å². The Hall–Kier alpha value is -2.67. The molecule has 3 rings (SSSR count). The Morgan fingerprint density at radius 3 is 2.36 bits per heavy atom. The number of carbonyl (C=O) groups is 1. The van der Waals surface area contributed by atoms with E-state index in [1.165, 1.54) is 19.5 Å². The quantitative estimate of drug-likeness (QED) is 0.815. The number of aromatic nitrogens is 2. The van der Waals surface area contributed by atoms with E-state index in [1.54, 1.807) is 0 Å². The summed E-state index contributed by atoms with van der Waals surface area (Å²) in [6.07, 6.45) is 2.85. The Balaban J connectivity index is 1.61. The van der Waals surface area contributed by atoms with E-state index in [0.717, 1.165) is 24.6 Å². The molecule has 114 valence electrons. The monoisotopic (exact) mass is 300 g/mol. The van der Waals surface area contributed by atoms with E-state index in [0.29, 0.717) is 17.6 Å². The van der Waals surface area contributed by atoms with E-state index in [2.05, 4.69) is 25.3 Å². The summed E-state index contributed by atoms with van der Waals surface area (Å²) in [5, 5.41) is 6.43. The van der Waals surface area contributed by atoms with E-state index < -0.39 is 5.97 Å². The Kier molecular flexibility index (Phi) is 4.15. The smallest absolute Gasteiger partial charge is 0.341 e. The molecular formula is C15H16N4O3. The van der Waals surface area contributed by atoms with Gasteiger partial charge in [-0.3, -0.25) is 0 Å². The molecule has 0 amide bonds. The molecule has 22 heavy (non-hydrogen) atoms. The van der Waals surface area contributed by atoms with Gasteiger partial charge in [-0.2, -0.15) is 0 Å². The van der Waals surface area contributed by atoms with Crippen molar-refractivity contribution in [2.75, 3.05) is 31.0 Å². The molecule has 0 atom stereocenters. The molecule has 0 bridgehead atoms. The van der Waals surface area contributed by atoms with Crippen molar-refractivity contribution in [2.24, 2.45) is 0 Å². The molecular weight excluding hydrogens is 284 g/mol. The average molecular weight is 300 g/mol. The van der Waals surface area contributed by atoms with Crippen LogP contribution < -0.4 is 10.6 Å². The first-order valence-corrected chi connectivity index (χ1v) is 6.86. The first kappa shape index (κ1) is 14.3. The van der Waals surface area contributed by atoms with Crippen LogP contribution in [0.4, 0.5) is 17.3 Å². The molecule has 1 fully saturated rings. The van der Waals surface area contributed by atoms with Crippen molar-refractivity contribution in [2.45, 2.75) is 6.04 Å². The molecule has 7 heteroatoms. The van der Waals surface area contributed by atoms with Crippen LogP contribution in [0.5, 0.6) is 0 Å². The molecule has 1 aliphatic rings. The molecule has 1 aromatic heterocycles. The minimum atomic E-state index is -0.457. The van der Waals surface area contributed by atoms with Gasteiger partial charge in [0.05, 0.1) is 31.9 Å². The fourth-order valence-corrected chi connectivity index (χ4v) is 1.95. The molecule has 0 aliphatic carbocycles. The summed E-state index contributed by atoms with van der Waals surface area (Å²) in [5.41, 5.74) is 2.22. The summed E-state index contributed by atoms with van der Waals surface area (Å²) in [6, 6.07) is 8.21. The highest BCUT2D eigenvalue weighted by molar-refractivity contribution is 5.88. The van der Waals surface area contributed by atoms with Crippen LogP contribution >= 0.6 is 0 Å². The third kappa shape index (κ3) is 3.32. The molecule has 0 radical (unpaired) electrons. The predicted octanol–water partition coefficient (Wildman–Crippen LogP) is 1.82. The number of carbonyl (C=O) groups excluding carboxylic acids is 1. The number of esters is 1. The first-order chi connectivity index (χ1) is 10.7. The predicted molar refractivity (Wildman–Crippen MR) is 81.3 cm³/mol. The number of nitrogens with zero attached hydrogens (tertiary/aromatic N) is 2. The lowest BCUT2D eigenvalue weighted by Gasteiger charge is -2.27. The number of methoxy groups -OCH3 is 1. The highest BCUT2D eigenvalue weighted by atomic mass is 16.5. The molecule has 1 aliphatic heterocycles. The zero-order valence-corrected chi connectivity index (χ0v) is 12.1. The maximum absolute atomic E-state index is 11.3. The van der Waals surface area contributed by atoms with Gasteiger partial charge >= 0.3 is 5.97 Å². The van der Waals surface area contributed by atoms with Crippen molar-refractivity contribution in [1.82, 2.24) is 9.97 Å². The number of hydrogen-bond acceptors (Lipinski definition) is 7. The van der Waals surface area contributed by atoms with Gasteiger partial charge in [-0.05, 0) is 24.3 Å². The molecule has 1 saturated heterocycles. The fourth-order valence-electron chi connectivity index (χ4n) is 1.95. The van der Waals surface area contributed by atoms with Crippen molar-refractivity contribution < 1.29 is 14.3 Å². The summed E-state index contributed by atoms with van der Waals surface area (Å²) in [6.45, 7) is 1.50. The van der Waals surface area contributed by atoms with Gasteiger partial charge in [0.1, 0.15) is 0 Å². The minimum absolute atomic E-state index is 0.315. The van der Waals surface area contributed by atoms with Gasteiger partial charge in [0, 0.05) is 23.8 Å². The normalized spacial score (nSPS) is 14.0. The second-order valence-electron chi connectivity index (χ2n) is 4.87. The van der Waals surface area contributed by atoms with E-state index in [1.807, 2.05) is 24.3 Å². The van der Waals surface area contributed by atoms with Crippen molar-refractivity contribution in [3.05, 3.63) is 42.2 Å². The molecule has 1 aromatic carbocycles. The zero-order valence-electron chi connectivity index (χ0n) is 12.1. The summed E-state index contributed by atoms with van der Waals surface area (Å²) < 4.78 is 9.72. The largest absolute Gasteiger partial charge is 0.465 e. The lowest BCUT2D eigenvalue weighted by atomic mass is 10.2. The summed E-state index contributed by atoms with van der Waals surface area (Å²) in [4.78, 5) is 19.5. The highest BCUT2D eigenvalue weighted by Crippen LogP contribution is 2.18. The number of anilines is 3. The number of benzene rings is 1. The van der Waals surface area contributed by atoms with Crippen LogP contribution in [0, 0.1) is 0 Å². The Bertz CT molecular complexity index is 639. The summed E-state index contributed by atoms with van der Waals surface area (Å²) >= 11 is 0. The fraction of sp³-hybridized carbons (Fsp3) is 0.267. The SMILES string of the molecule is COC(=O)c1cnc(Nc2ccc(NC3COC3)cc2)nc1. The van der Waals surface area contributed by atoms with Crippen LogP contribution in [-0.4, -0.2) is 42.3 Å². The van der Waals surface area contributed by atoms with Gasteiger partial charge in [-0.15, -0.1) is 0 Å². The minimum Gasteiger partial charge on any atom is -0.465 e. The Morgan fingerprint density at radius 1 is 1.18 bits per heavy atom. The van der Waals surface area contributed by atoms with Crippen molar-refractivity contribution in [3.8, 4) is 0 Å². The van der Waals surface area contributed by atoms with Crippen LogP contribution in [0.3, 0.4) is 0 Å². The van der Waals surface area contributed by atoms with Crippen LogP contribution in [0.25, 0.3) is 0 Å². The van der Waals surface area contributed by atoms with Crippen molar-refractivity contribution in [3.63, 3.8) is 0 Å². The molecule has 2 N–H and O–H groups in total. The Morgan fingerprint density at radius 2 is 1.82 bits per heavy atom. The van der Waals surface area contributed by atoms with Gasteiger partial charge in [0.25, 0.3) is 0 Å². The number of ether oxygens (including phenoxy) is 2. The number of hydrogen-bond donors (Lipinski definition) is 2. The lowest BCUT2D eigenvalue weighted by Crippen LogP contribution is -2.40. The molecule has 7 nitrogen and oxygen atoms in total. The van der Waals surface area contributed by atoms with E-state index in [9.17, 15) is 4.79 Å². The standard InChI is InChI=1S/C15H16N4O3/c1-21-14(20)10-6-16-15(17-7-10)19-12-4-2-11(3-5-12)18-13-8-22-9-13/h2-7,13,18H,8-9H2,1H3,(H,16,17,19). The van der Waals surface area contributed by atoms with Crippen molar-refractivity contribution in [1.29, 1.82) is 0 Å². The second-order valence-corrected chi connectivity index (χ2v) is 4.87. The molecule has 0 saturated carbocycles. The lowest BCUT2D eigenvalue weighted by molar-refractivity contribution is 0.0211. The number of nitrogens with one attached hydrogen (secondary N) is 2. The van der Waals surface area contributed by atoms with Gasteiger partial charge in [0.2, 0.25) is 5.95 Å². The van der Waals surface area contributed by atoms with E-state index >= 15 is 0 Å². The van der Waals surface area contributed by atoms with Crippen LogP contribution in [0.15, 0.2) is 36.7 Å². The maximum Gasteiger partial charge on any atom is 0.341 e. The van der Waals surface area contributed by atoms with Crippen molar-refractivity contribution >= 4 is 23.3 Å². The summed E-state index contributed by atoms with van der Waals surface area (Å²) in [5.74, 6) is -0.0392. The van der Waals surface area contributed by atoms with Gasteiger partial charge in [-0.25, -0.2) is 14.8 Å². The second kappa shape index (κ2) is 6.40. The zero-order chi connectivity index (χ0) is 15.4. The van der Waals surface area contributed by atoms with Crippen LogP contribution in [-0.2, 0) is 9.47 Å². The third-order valence-electron chi connectivity index (χ3n) is 3.22. The van der Waals surface area contributed by atoms with E-state index in [-0.39, 0.29) is 0 Å². The van der Waals surface area contributed by atoms with Crippen LogP contribution in [0.1, 0.15) is 10.4 Å². The maximum atomic E-state index is 11.3. The highest BCUT2D eigenvalue weighted by Gasteiger charge is 2.17. The topological polar surface area (TPSA) is 85.4 Å². The van der Waals surface area contributed by atoms with Gasteiger partial charge in [0.15, 0.2) is 0 Å². The average Bonchev–Trinajstić information content (AvgIpc) is 2.52. The summed E-state index contributed by atoms with van der Waals surface area (Å²) in [7, 11) is 1.32. The van der Waals surface area contributed by atoms with Gasteiger partial charge < -0.3 is 20.1 Å². The Labute approximate surface area is 127 Å². The van der Waals surface area contributed by atoms with Gasteiger partial charge in [-0.1, -0.05) is 0 Å². The van der Waals surface area contributed by atoms with Crippen LogP contribution in [0.2, 0.25) is 0 Å². The molecule has 0 spiro atoms. The number of rotatable bonds is 5. The molecule has 2 heterocycles. The molecule has 2 aromatic rings. The first-order valence-electron chi connectivity index (χ1n) is 6.86.